The summed E-state index contributed by atoms with van der Waals surface area (Å²) in [5.74, 6) is 1.94. The number of benzene rings is 1. The van der Waals surface area contributed by atoms with Gasteiger partial charge >= 0.3 is 0 Å². The summed E-state index contributed by atoms with van der Waals surface area (Å²) in [5.41, 5.74) is 1.08. The summed E-state index contributed by atoms with van der Waals surface area (Å²) in [4.78, 5) is 0. The Morgan fingerprint density at radius 2 is 1.81 bits per heavy atom. The average molecular weight is 287 g/mol. The van der Waals surface area contributed by atoms with Crippen LogP contribution in [0.25, 0.3) is 5.69 Å². The zero-order valence-corrected chi connectivity index (χ0v) is 13.1. The molecule has 2 rings (SSSR count). The third-order valence-corrected chi connectivity index (χ3v) is 3.47. The van der Waals surface area contributed by atoms with Gasteiger partial charge < -0.3 is 4.74 Å². The van der Waals surface area contributed by atoms with Gasteiger partial charge in [0.15, 0.2) is 0 Å². The lowest BCUT2D eigenvalue weighted by atomic mass is 10.2. The summed E-state index contributed by atoms with van der Waals surface area (Å²) >= 11 is 0. The van der Waals surface area contributed by atoms with E-state index < -0.39 is 0 Å². The van der Waals surface area contributed by atoms with Gasteiger partial charge in [0.1, 0.15) is 17.9 Å². The Labute approximate surface area is 127 Å². The third kappa shape index (κ3) is 4.59. The molecule has 4 heteroatoms. The highest BCUT2D eigenvalue weighted by atomic mass is 16.5. The summed E-state index contributed by atoms with van der Waals surface area (Å²) < 4.78 is 7.80. The Balaban J connectivity index is 1.91. The molecule has 0 unspecified atom stereocenters. The van der Waals surface area contributed by atoms with Crippen LogP contribution in [0.3, 0.4) is 0 Å². The van der Waals surface area contributed by atoms with E-state index in [0.29, 0.717) is 0 Å². The number of aromatic nitrogens is 3. The first-order valence-electron chi connectivity index (χ1n) is 7.97. The Bertz CT molecular complexity index is 519. The molecule has 0 radical (unpaired) electrons. The normalized spacial score (nSPS) is 10.8. The van der Waals surface area contributed by atoms with Gasteiger partial charge in [0.25, 0.3) is 0 Å². The summed E-state index contributed by atoms with van der Waals surface area (Å²) in [6.07, 6.45) is 8.69. The van der Waals surface area contributed by atoms with Crippen molar-refractivity contribution in [1.29, 1.82) is 0 Å². The summed E-state index contributed by atoms with van der Waals surface area (Å²) in [7, 11) is 0. The van der Waals surface area contributed by atoms with Crippen LogP contribution < -0.4 is 4.74 Å². The molecule has 0 aliphatic heterocycles. The number of ether oxygens (including phenoxy) is 1. The Hall–Kier alpha value is -1.84. The molecule has 114 valence electrons. The van der Waals surface area contributed by atoms with Crippen LogP contribution in [0, 0.1) is 0 Å². The van der Waals surface area contributed by atoms with Crippen molar-refractivity contribution in [2.75, 3.05) is 6.61 Å². The van der Waals surface area contributed by atoms with Crippen LogP contribution in [0.15, 0.2) is 30.6 Å². The zero-order valence-electron chi connectivity index (χ0n) is 13.1. The van der Waals surface area contributed by atoms with Gasteiger partial charge in [-0.2, -0.15) is 0 Å². The van der Waals surface area contributed by atoms with Crippen molar-refractivity contribution in [1.82, 2.24) is 14.8 Å². The number of rotatable bonds is 9. The highest BCUT2D eigenvalue weighted by molar-refractivity contribution is 5.38. The van der Waals surface area contributed by atoms with Gasteiger partial charge in [-0.25, -0.2) is 0 Å². The van der Waals surface area contributed by atoms with Gasteiger partial charge in [0.05, 0.1) is 6.61 Å². The SMILES string of the molecule is CCCCCCOc1ccc(-n2cnnc2CCC)cc1. The quantitative estimate of drug-likeness (QED) is 0.650. The van der Waals surface area contributed by atoms with E-state index in [4.69, 9.17) is 4.74 Å². The maximum absolute atomic E-state index is 5.76. The van der Waals surface area contributed by atoms with Crippen molar-refractivity contribution < 1.29 is 4.74 Å². The molecule has 0 atom stereocenters. The maximum atomic E-state index is 5.76. The summed E-state index contributed by atoms with van der Waals surface area (Å²) in [6, 6.07) is 8.16. The molecule has 0 bridgehead atoms. The van der Waals surface area contributed by atoms with Gasteiger partial charge in [-0.3, -0.25) is 4.57 Å². The van der Waals surface area contributed by atoms with Crippen molar-refractivity contribution in [3.05, 3.63) is 36.4 Å². The Morgan fingerprint density at radius 3 is 2.52 bits per heavy atom. The second-order valence-corrected chi connectivity index (χ2v) is 5.27. The number of unbranched alkanes of at least 4 members (excludes halogenated alkanes) is 3. The van der Waals surface area contributed by atoms with Gasteiger partial charge in [0.2, 0.25) is 0 Å². The summed E-state index contributed by atoms with van der Waals surface area (Å²) in [6.45, 7) is 5.17. The molecule has 0 aliphatic carbocycles. The molecule has 2 aromatic rings. The molecule has 0 saturated carbocycles. The highest BCUT2D eigenvalue weighted by Crippen LogP contribution is 2.17. The Morgan fingerprint density at radius 1 is 1.00 bits per heavy atom. The molecule has 0 saturated heterocycles. The van der Waals surface area contributed by atoms with Gasteiger partial charge in [-0.15, -0.1) is 10.2 Å². The van der Waals surface area contributed by atoms with E-state index in [1.165, 1.54) is 19.3 Å². The molecule has 0 spiro atoms. The minimum Gasteiger partial charge on any atom is -0.494 e. The van der Waals surface area contributed by atoms with Crippen LogP contribution in [0.5, 0.6) is 5.75 Å². The van der Waals surface area contributed by atoms with Crippen molar-refractivity contribution in [3.63, 3.8) is 0 Å². The Kier molecular flexibility index (Phi) is 6.25. The fraction of sp³-hybridized carbons (Fsp3) is 0.529. The van der Waals surface area contributed by atoms with Crippen molar-refractivity contribution in [3.8, 4) is 11.4 Å². The first kappa shape index (κ1) is 15.5. The van der Waals surface area contributed by atoms with Crippen LogP contribution in [0.2, 0.25) is 0 Å². The second kappa shape index (κ2) is 8.45. The molecule has 0 aliphatic rings. The molecule has 0 fully saturated rings. The molecule has 4 nitrogen and oxygen atoms in total. The molecule has 1 aromatic carbocycles. The number of hydrogen-bond acceptors (Lipinski definition) is 3. The molecular formula is C17H25N3O. The fourth-order valence-electron chi connectivity index (χ4n) is 2.29. The fourth-order valence-corrected chi connectivity index (χ4v) is 2.29. The second-order valence-electron chi connectivity index (χ2n) is 5.27. The topological polar surface area (TPSA) is 39.9 Å². The van der Waals surface area contributed by atoms with Crippen molar-refractivity contribution in [2.45, 2.75) is 52.4 Å². The van der Waals surface area contributed by atoms with Gasteiger partial charge in [-0.1, -0.05) is 33.1 Å². The number of nitrogens with zero attached hydrogens (tertiary/aromatic N) is 3. The predicted molar refractivity (Wildman–Crippen MR) is 85.0 cm³/mol. The lowest BCUT2D eigenvalue weighted by molar-refractivity contribution is 0.305. The smallest absolute Gasteiger partial charge is 0.137 e. The first-order chi connectivity index (χ1) is 10.3. The minimum absolute atomic E-state index is 0.799. The lowest BCUT2D eigenvalue weighted by Crippen LogP contribution is -2.01. The van der Waals surface area contributed by atoms with E-state index >= 15 is 0 Å². The molecule has 21 heavy (non-hydrogen) atoms. The average Bonchev–Trinajstić information content (AvgIpc) is 2.96. The van der Waals surface area contributed by atoms with E-state index in [1.54, 1.807) is 6.33 Å². The number of hydrogen-bond donors (Lipinski definition) is 0. The molecule has 1 aromatic heterocycles. The van der Waals surface area contributed by atoms with Gasteiger partial charge in [0, 0.05) is 12.1 Å². The van der Waals surface area contributed by atoms with Crippen LogP contribution in [-0.4, -0.2) is 21.4 Å². The monoisotopic (exact) mass is 287 g/mol. The highest BCUT2D eigenvalue weighted by Gasteiger charge is 2.05. The zero-order chi connectivity index (χ0) is 14.9. The summed E-state index contributed by atoms with van der Waals surface area (Å²) in [5, 5.41) is 8.16. The van der Waals surface area contributed by atoms with Crippen LogP contribution in [0.4, 0.5) is 0 Å². The van der Waals surface area contributed by atoms with Gasteiger partial charge in [-0.05, 0) is 37.1 Å². The first-order valence-corrected chi connectivity index (χ1v) is 7.97. The van der Waals surface area contributed by atoms with E-state index in [2.05, 4.69) is 36.2 Å². The minimum atomic E-state index is 0.799. The molecular weight excluding hydrogens is 262 g/mol. The largest absolute Gasteiger partial charge is 0.494 e. The van der Waals surface area contributed by atoms with Crippen molar-refractivity contribution >= 4 is 0 Å². The van der Waals surface area contributed by atoms with E-state index in [0.717, 1.165) is 43.1 Å². The van der Waals surface area contributed by atoms with E-state index in [-0.39, 0.29) is 0 Å². The number of aryl methyl sites for hydroxylation is 1. The molecule has 0 amide bonds. The third-order valence-electron chi connectivity index (χ3n) is 3.47. The molecule has 0 N–H and O–H groups in total. The molecule has 1 heterocycles. The van der Waals surface area contributed by atoms with Crippen LogP contribution >= 0.6 is 0 Å². The standard InChI is InChI=1S/C17H25N3O/c1-3-5-6-7-13-21-16-11-9-15(10-12-16)20-14-18-19-17(20)8-4-2/h9-12,14H,3-8,13H2,1-2H3. The van der Waals surface area contributed by atoms with E-state index in [1.807, 2.05) is 16.7 Å². The predicted octanol–water partition coefficient (Wildman–Crippen LogP) is 4.18. The maximum Gasteiger partial charge on any atom is 0.137 e. The van der Waals surface area contributed by atoms with Crippen LogP contribution in [-0.2, 0) is 6.42 Å². The van der Waals surface area contributed by atoms with Crippen molar-refractivity contribution in [2.24, 2.45) is 0 Å². The van der Waals surface area contributed by atoms with E-state index in [9.17, 15) is 0 Å². The lowest BCUT2D eigenvalue weighted by Gasteiger charge is -2.09. The van der Waals surface area contributed by atoms with Crippen LogP contribution in [0.1, 0.15) is 51.8 Å².